The van der Waals surface area contributed by atoms with Crippen LogP contribution in [0.25, 0.3) is 0 Å². The molecule has 1 nitrogen and oxygen atoms in total. The molecule has 2 aliphatic rings. The summed E-state index contributed by atoms with van der Waals surface area (Å²) in [5, 5.41) is 0. The fraction of sp³-hybridized carbons (Fsp3) is 0.900. The fourth-order valence-electron chi connectivity index (χ4n) is 1.80. The van der Waals surface area contributed by atoms with Gasteiger partial charge >= 0.3 is 0 Å². The van der Waals surface area contributed by atoms with Crippen LogP contribution in [0.15, 0.2) is 0 Å². The third kappa shape index (κ3) is 1.68. The van der Waals surface area contributed by atoms with Gasteiger partial charge in [-0.3, -0.25) is 4.79 Å². The summed E-state index contributed by atoms with van der Waals surface area (Å²) in [7, 11) is 0. The van der Waals surface area contributed by atoms with Gasteiger partial charge in [0.15, 0.2) is 0 Å². The molecule has 68 valence electrons. The number of hydrogen-bond acceptors (Lipinski definition) is 2. The highest BCUT2D eigenvalue weighted by molar-refractivity contribution is 8.01. The summed E-state index contributed by atoms with van der Waals surface area (Å²) in [4.78, 5) is 11.8. The molecule has 0 amide bonds. The largest absolute Gasteiger partial charge is 0.298 e. The third-order valence-corrected chi connectivity index (χ3v) is 4.54. The second kappa shape index (κ2) is 3.06. The van der Waals surface area contributed by atoms with Gasteiger partial charge in [-0.25, -0.2) is 0 Å². The smallest absolute Gasteiger partial charge is 0.148 e. The predicted molar refractivity (Wildman–Crippen MR) is 52.4 cm³/mol. The van der Waals surface area contributed by atoms with Crippen LogP contribution in [0.2, 0.25) is 0 Å². The lowest BCUT2D eigenvalue weighted by Gasteiger charge is -2.20. The minimum absolute atomic E-state index is 0.00257. The molecular weight excluding hydrogens is 168 g/mol. The van der Waals surface area contributed by atoms with Crippen molar-refractivity contribution in [1.29, 1.82) is 0 Å². The Morgan fingerprint density at radius 1 is 1.58 bits per heavy atom. The zero-order valence-electron chi connectivity index (χ0n) is 7.64. The highest BCUT2D eigenvalue weighted by atomic mass is 32.2. The van der Waals surface area contributed by atoms with Crippen LogP contribution in [0, 0.1) is 5.92 Å². The van der Waals surface area contributed by atoms with E-state index in [1.165, 1.54) is 25.0 Å². The van der Waals surface area contributed by atoms with E-state index in [0.29, 0.717) is 5.78 Å². The maximum Gasteiger partial charge on any atom is 0.148 e. The average molecular weight is 184 g/mol. The number of carbonyl (C=O) groups is 1. The molecule has 0 bridgehead atoms. The summed E-state index contributed by atoms with van der Waals surface area (Å²) in [5.74, 6) is 2.47. The van der Waals surface area contributed by atoms with Gasteiger partial charge in [-0.15, -0.1) is 11.8 Å². The Balaban J connectivity index is 1.91. The van der Waals surface area contributed by atoms with Gasteiger partial charge in [-0.1, -0.05) is 0 Å². The second-order valence-electron chi connectivity index (χ2n) is 4.25. The van der Waals surface area contributed by atoms with E-state index in [-0.39, 0.29) is 4.75 Å². The van der Waals surface area contributed by atoms with Crippen LogP contribution in [-0.4, -0.2) is 16.3 Å². The van der Waals surface area contributed by atoms with Crippen molar-refractivity contribution in [3.63, 3.8) is 0 Å². The van der Waals surface area contributed by atoms with Crippen LogP contribution in [0.5, 0.6) is 0 Å². The van der Waals surface area contributed by atoms with Crippen molar-refractivity contribution in [1.82, 2.24) is 0 Å². The quantitative estimate of drug-likeness (QED) is 0.670. The summed E-state index contributed by atoms with van der Waals surface area (Å²) >= 11 is 1.87. The normalized spacial score (nSPS) is 35.4. The van der Waals surface area contributed by atoms with Crippen LogP contribution in [0.4, 0.5) is 0 Å². The van der Waals surface area contributed by atoms with E-state index in [9.17, 15) is 4.79 Å². The minimum Gasteiger partial charge on any atom is -0.298 e. The number of Topliss-reactive ketones (excluding diaryl/α,β-unsaturated/α-hetero) is 1. The van der Waals surface area contributed by atoms with E-state index >= 15 is 0 Å². The lowest BCUT2D eigenvalue weighted by molar-refractivity contribution is -0.121. The van der Waals surface area contributed by atoms with E-state index in [1.54, 1.807) is 0 Å². The maximum atomic E-state index is 11.8. The summed E-state index contributed by atoms with van der Waals surface area (Å²) in [5.41, 5.74) is 0. The zero-order valence-corrected chi connectivity index (χ0v) is 8.45. The third-order valence-electron chi connectivity index (χ3n) is 2.98. The highest BCUT2D eigenvalue weighted by Gasteiger charge is 2.39. The molecule has 0 aromatic rings. The van der Waals surface area contributed by atoms with Crippen molar-refractivity contribution < 1.29 is 4.79 Å². The van der Waals surface area contributed by atoms with Crippen LogP contribution >= 0.6 is 11.8 Å². The first-order valence-electron chi connectivity index (χ1n) is 4.88. The molecule has 1 aliphatic carbocycles. The molecule has 12 heavy (non-hydrogen) atoms. The van der Waals surface area contributed by atoms with Gasteiger partial charge in [0.2, 0.25) is 0 Å². The van der Waals surface area contributed by atoms with Crippen LogP contribution in [0.3, 0.4) is 0 Å². The fourth-order valence-corrected chi connectivity index (χ4v) is 3.07. The molecule has 1 heterocycles. The van der Waals surface area contributed by atoms with Crippen LogP contribution < -0.4 is 0 Å². The Labute approximate surface area is 78.3 Å². The Morgan fingerprint density at radius 2 is 2.33 bits per heavy atom. The standard InChI is InChI=1S/C10H16OS/c1-10(5-2-6-12-10)9(11)7-8-3-4-8/h8H,2-7H2,1H3. The molecular formula is C10H16OS. The van der Waals surface area contributed by atoms with Crippen molar-refractivity contribution in [2.75, 3.05) is 5.75 Å². The molecule has 1 aliphatic heterocycles. The van der Waals surface area contributed by atoms with Gasteiger partial charge in [0.05, 0.1) is 4.75 Å². The summed E-state index contributed by atoms with van der Waals surface area (Å²) in [6.45, 7) is 2.13. The maximum absolute atomic E-state index is 11.8. The molecule has 1 atom stereocenters. The number of thioether (sulfide) groups is 1. The Bertz CT molecular complexity index is 190. The topological polar surface area (TPSA) is 17.1 Å². The first-order chi connectivity index (χ1) is 5.71. The molecule has 2 heteroatoms. The van der Waals surface area contributed by atoms with E-state index in [1.807, 2.05) is 11.8 Å². The molecule has 1 unspecified atom stereocenters. The summed E-state index contributed by atoms with van der Waals surface area (Å²) < 4.78 is 0.00257. The van der Waals surface area contributed by atoms with E-state index in [2.05, 4.69) is 6.92 Å². The van der Waals surface area contributed by atoms with E-state index in [0.717, 1.165) is 18.8 Å². The van der Waals surface area contributed by atoms with Gasteiger partial charge in [0, 0.05) is 6.42 Å². The monoisotopic (exact) mass is 184 g/mol. The van der Waals surface area contributed by atoms with E-state index < -0.39 is 0 Å². The molecule has 0 aromatic heterocycles. The highest BCUT2D eigenvalue weighted by Crippen LogP contribution is 2.42. The SMILES string of the molecule is CC1(C(=O)CC2CC2)CCCS1. The first kappa shape index (κ1) is 8.61. The van der Waals surface area contributed by atoms with Crippen molar-refractivity contribution in [2.45, 2.75) is 43.8 Å². The lowest BCUT2D eigenvalue weighted by atomic mass is 9.96. The van der Waals surface area contributed by atoms with Gasteiger partial charge in [0.25, 0.3) is 0 Å². The number of ketones is 1. The second-order valence-corrected chi connectivity index (χ2v) is 5.85. The van der Waals surface area contributed by atoms with Gasteiger partial charge < -0.3 is 0 Å². The van der Waals surface area contributed by atoms with Gasteiger partial charge in [0.1, 0.15) is 5.78 Å². The average Bonchev–Trinajstić information content (AvgIpc) is 2.73. The molecule has 2 rings (SSSR count). The molecule has 2 fully saturated rings. The molecule has 0 radical (unpaired) electrons. The minimum atomic E-state index is 0.00257. The predicted octanol–water partition coefficient (Wildman–Crippen LogP) is 2.64. The van der Waals surface area contributed by atoms with Crippen molar-refractivity contribution in [2.24, 2.45) is 5.92 Å². The first-order valence-corrected chi connectivity index (χ1v) is 5.86. The number of carbonyl (C=O) groups excluding carboxylic acids is 1. The molecule has 1 saturated heterocycles. The van der Waals surface area contributed by atoms with Gasteiger partial charge in [-0.05, 0) is 44.3 Å². The zero-order chi connectivity index (χ0) is 8.60. The summed E-state index contributed by atoms with van der Waals surface area (Å²) in [6.07, 6.45) is 5.81. The van der Waals surface area contributed by atoms with E-state index in [4.69, 9.17) is 0 Å². The lowest BCUT2D eigenvalue weighted by Crippen LogP contribution is -2.28. The molecule has 0 spiro atoms. The Morgan fingerprint density at radius 3 is 2.83 bits per heavy atom. The van der Waals surface area contributed by atoms with Crippen molar-refractivity contribution >= 4 is 17.5 Å². The van der Waals surface area contributed by atoms with Crippen molar-refractivity contribution in [3.8, 4) is 0 Å². The van der Waals surface area contributed by atoms with Gasteiger partial charge in [-0.2, -0.15) is 0 Å². The number of rotatable bonds is 3. The molecule has 0 aromatic carbocycles. The number of hydrogen-bond donors (Lipinski definition) is 0. The van der Waals surface area contributed by atoms with Crippen molar-refractivity contribution in [3.05, 3.63) is 0 Å². The molecule has 1 saturated carbocycles. The molecule has 0 N–H and O–H groups in total. The Hall–Kier alpha value is 0.0200. The Kier molecular flexibility index (Phi) is 2.19. The van der Waals surface area contributed by atoms with Crippen LogP contribution in [-0.2, 0) is 4.79 Å². The summed E-state index contributed by atoms with van der Waals surface area (Å²) in [6, 6.07) is 0. The van der Waals surface area contributed by atoms with Crippen LogP contribution in [0.1, 0.15) is 39.0 Å².